The predicted octanol–water partition coefficient (Wildman–Crippen LogP) is 4.75. The van der Waals surface area contributed by atoms with E-state index in [4.69, 9.17) is 4.74 Å². The average Bonchev–Trinajstić information content (AvgIpc) is 3.22. The molecule has 3 rings (SSSR count). The van der Waals surface area contributed by atoms with Crippen LogP contribution in [-0.2, 0) is 25.9 Å². The molecule has 0 heterocycles. The van der Waals surface area contributed by atoms with E-state index in [0.717, 1.165) is 6.07 Å². The summed E-state index contributed by atoms with van der Waals surface area (Å²) >= 11 is 0. The Kier molecular flexibility index (Phi) is 6.47. The first-order valence-corrected chi connectivity index (χ1v) is 9.62. The molecule has 1 N–H and O–H groups in total. The van der Waals surface area contributed by atoms with Gasteiger partial charge in [-0.3, -0.25) is 19.7 Å². The maximum absolute atomic E-state index is 14.3. The number of nitro benzene ring substituents is 1. The summed E-state index contributed by atoms with van der Waals surface area (Å²) in [6, 6.07) is 7.40. The molecule has 0 bridgehead atoms. The van der Waals surface area contributed by atoms with Crippen LogP contribution in [0.3, 0.4) is 0 Å². The van der Waals surface area contributed by atoms with Gasteiger partial charge in [0.2, 0.25) is 0 Å². The number of benzene rings is 2. The van der Waals surface area contributed by atoms with E-state index in [1.165, 1.54) is 18.2 Å². The molecule has 2 aromatic carbocycles. The number of hydrogen-bond acceptors (Lipinski definition) is 5. The van der Waals surface area contributed by atoms with Crippen LogP contribution in [-0.4, -0.2) is 23.4 Å². The van der Waals surface area contributed by atoms with Gasteiger partial charge >= 0.3 is 12.1 Å². The molecule has 0 unspecified atom stereocenters. The van der Waals surface area contributed by atoms with E-state index in [9.17, 15) is 37.3 Å². The van der Waals surface area contributed by atoms with E-state index < -0.39 is 57.8 Å². The fourth-order valence-electron chi connectivity index (χ4n) is 3.83. The van der Waals surface area contributed by atoms with Crippen LogP contribution in [0.2, 0.25) is 0 Å². The Labute approximate surface area is 179 Å². The van der Waals surface area contributed by atoms with Crippen LogP contribution in [0.25, 0.3) is 0 Å². The lowest BCUT2D eigenvalue weighted by molar-refractivity contribution is -0.384. The number of amides is 1. The van der Waals surface area contributed by atoms with E-state index >= 15 is 0 Å². The Hall–Kier alpha value is -3.50. The second-order valence-electron chi connectivity index (χ2n) is 7.38. The fraction of sp³-hybridized carbons (Fsp3) is 0.333. The zero-order valence-electron chi connectivity index (χ0n) is 16.6. The highest BCUT2D eigenvalue weighted by atomic mass is 19.4. The van der Waals surface area contributed by atoms with Crippen molar-refractivity contribution >= 4 is 23.3 Å². The van der Waals surface area contributed by atoms with Crippen LogP contribution >= 0.6 is 0 Å². The van der Waals surface area contributed by atoms with Gasteiger partial charge in [0.1, 0.15) is 11.5 Å². The molecule has 0 aliphatic heterocycles. The fourth-order valence-corrected chi connectivity index (χ4v) is 3.83. The molecular weight excluding hydrogens is 436 g/mol. The molecule has 32 heavy (non-hydrogen) atoms. The number of halogens is 4. The average molecular weight is 454 g/mol. The van der Waals surface area contributed by atoms with Crippen molar-refractivity contribution < 1.29 is 36.8 Å². The first-order valence-electron chi connectivity index (χ1n) is 9.62. The molecule has 1 aliphatic rings. The molecule has 1 aliphatic carbocycles. The Morgan fingerprint density at radius 1 is 1.12 bits per heavy atom. The Bertz CT molecular complexity index is 1050. The van der Waals surface area contributed by atoms with Crippen LogP contribution in [0, 0.1) is 15.9 Å². The number of ether oxygens (including phenoxy) is 1. The largest absolute Gasteiger partial charge is 0.455 e. The highest BCUT2D eigenvalue weighted by Gasteiger charge is 2.46. The zero-order valence-corrected chi connectivity index (χ0v) is 16.6. The molecule has 11 heteroatoms. The van der Waals surface area contributed by atoms with E-state index in [2.05, 4.69) is 5.32 Å². The molecule has 0 spiro atoms. The van der Waals surface area contributed by atoms with E-state index in [0.29, 0.717) is 37.8 Å². The molecule has 0 aromatic heterocycles. The van der Waals surface area contributed by atoms with Gasteiger partial charge in [-0.15, -0.1) is 0 Å². The highest BCUT2D eigenvalue weighted by molar-refractivity contribution is 5.95. The van der Waals surface area contributed by atoms with Gasteiger partial charge in [0, 0.05) is 11.6 Å². The van der Waals surface area contributed by atoms with Gasteiger partial charge in [-0.2, -0.15) is 13.2 Å². The molecule has 1 saturated carbocycles. The third-order valence-corrected chi connectivity index (χ3v) is 5.37. The lowest BCUT2D eigenvalue weighted by Gasteiger charge is -2.27. The molecule has 7 nitrogen and oxygen atoms in total. The monoisotopic (exact) mass is 454 g/mol. The number of carbonyl (C=O) groups excluding carboxylic acids is 2. The SMILES string of the molecule is O=C(COC(=O)C1(c2ccccc2F)CCCC1)Nc1ccc(C(F)(F)F)cc1[N+](=O)[O-]. The van der Waals surface area contributed by atoms with Crippen molar-refractivity contribution in [3.63, 3.8) is 0 Å². The van der Waals surface area contributed by atoms with Crippen molar-refractivity contribution in [3.8, 4) is 0 Å². The van der Waals surface area contributed by atoms with Crippen molar-refractivity contribution in [3.05, 3.63) is 69.5 Å². The number of hydrogen-bond donors (Lipinski definition) is 1. The number of nitro groups is 1. The Morgan fingerprint density at radius 2 is 1.78 bits per heavy atom. The van der Waals surface area contributed by atoms with Gasteiger partial charge in [-0.1, -0.05) is 31.0 Å². The van der Waals surface area contributed by atoms with Gasteiger partial charge in [0.05, 0.1) is 15.9 Å². The number of anilines is 1. The molecule has 1 fully saturated rings. The summed E-state index contributed by atoms with van der Waals surface area (Å²) in [5.41, 5.74) is -3.76. The molecule has 170 valence electrons. The van der Waals surface area contributed by atoms with E-state index in [1.54, 1.807) is 6.07 Å². The number of esters is 1. The van der Waals surface area contributed by atoms with E-state index in [-0.39, 0.29) is 5.56 Å². The normalized spacial score (nSPS) is 15.2. The number of alkyl halides is 3. The van der Waals surface area contributed by atoms with Crippen LogP contribution in [0.15, 0.2) is 42.5 Å². The van der Waals surface area contributed by atoms with Crippen LogP contribution < -0.4 is 5.32 Å². The Morgan fingerprint density at radius 3 is 2.38 bits per heavy atom. The minimum Gasteiger partial charge on any atom is -0.455 e. The summed E-state index contributed by atoms with van der Waals surface area (Å²) in [6.45, 7) is -0.840. The Balaban J connectivity index is 1.73. The maximum Gasteiger partial charge on any atom is 0.416 e. The molecule has 0 atom stereocenters. The van der Waals surface area contributed by atoms with Crippen LogP contribution in [0.5, 0.6) is 0 Å². The zero-order chi connectivity index (χ0) is 23.5. The van der Waals surface area contributed by atoms with Gasteiger partial charge < -0.3 is 10.1 Å². The number of carbonyl (C=O) groups is 2. The molecule has 0 radical (unpaired) electrons. The first kappa shape index (κ1) is 23.2. The summed E-state index contributed by atoms with van der Waals surface area (Å²) in [6.07, 6.45) is -2.82. The second kappa shape index (κ2) is 8.93. The van der Waals surface area contributed by atoms with Gasteiger partial charge in [-0.25, -0.2) is 4.39 Å². The highest BCUT2D eigenvalue weighted by Crippen LogP contribution is 2.43. The summed E-state index contributed by atoms with van der Waals surface area (Å²) in [5, 5.41) is 13.2. The summed E-state index contributed by atoms with van der Waals surface area (Å²) < 4.78 is 57.8. The molecular formula is C21H18F4N2O5. The topological polar surface area (TPSA) is 98.5 Å². The van der Waals surface area contributed by atoms with Gasteiger partial charge in [-0.05, 0) is 31.0 Å². The van der Waals surface area contributed by atoms with Crippen LogP contribution in [0.4, 0.5) is 28.9 Å². The molecule has 0 saturated heterocycles. The summed E-state index contributed by atoms with van der Waals surface area (Å²) in [7, 11) is 0. The molecule has 1 amide bonds. The molecule has 2 aromatic rings. The van der Waals surface area contributed by atoms with Crippen molar-refractivity contribution in [2.24, 2.45) is 0 Å². The van der Waals surface area contributed by atoms with Crippen LogP contribution in [0.1, 0.15) is 36.8 Å². The quantitative estimate of drug-likeness (QED) is 0.294. The standard InChI is InChI=1S/C21H18F4N2O5/c22-15-6-2-1-5-14(15)20(9-3-4-10-20)19(29)32-12-18(28)26-16-8-7-13(21(23,24)25)11-17(16)27(30)31/h1-2,5-8,11H,3-4,9-10,12H2,(H,26,28). The van der Waals surface area contributed by atoms with Gasteiger partial charge in [0.25, 0.3) is 11.6 Å². The first-order chi connectivity index (χ1) is 15.0. The van der Waals surface area contributed by atoms with Crippen molar-refractivity contribution in [1.82, 2.24) is 0 Å². The lowest BCUT2D eigenvalue weighted by atomic mass is 9.78. The predicted molar refractivity (Wildman–Crippen MR) is 104 cm³/mol. The third kappa shape index (κ3) is 4.71. The number of nitrogens with one attached hydrogen (secondary N) is 1. The summed E-state index contributed by atoms with van der Waals surface area (Å²) in [5.74, 6) is -2.36. The van der Waals surface area contributed by atoms with Gasteiger partial charge in [0.15, 0.2) is 6.61 Å². The maximum atomic E-state index is 14.3. The smallest absolute Gasteiger partial charge is 0.416 e. The van der Waals surface area contributed by atoms with Crippen molar-refractivity contribution in [1.29, 1.82) is 0 Å². The lowest BCUT2D eigenvalue weighted by Crippen LogP contribution is -2.37. The summed E-state index contributed by atoms with van der Waals surface area (Å²) in [4.78, 5) is 35.0. The van der Waals surface area contributed by atoms with Crippen molar-refractivity contribution in [2.75, 3.05) is 11.9 Å². The minimum absolute atomic E-state index is 0.168. The number of rotatable bonds is 6. The second-order valence-corrected chi connectivity index (χ2v) is 7.38. The third-order valence-electron chi connectivity index (χ3n) is 5.37. The minimum atomic E-state index is -4.80. The number of nitrogens with zero attached hydrogens (tertiary/aromatic N) is 1. The van der Waals surface area contributed by atoms with E-state index in [1.807, 2.05) is 0 Å². The van der Waals surface area contributed by atoms with Crippen molar-refractivity contribution in [2.45, 2.75) is 37.3 Å².